The Balaban J connectivity index is 1.68. The molecule has 1 aliphatic heterocycles. The maximum Gasteiger partial charge on any atom is 0.243 e. The van der Waals surface area contributed by atoms with E-state index < -0.39 is 16.1 Å². The van der Waals surface area contributed by atoms with Crippen molar-refractivity contribution in [3.63, 3.8) is 0 Å². The van der Waals surface area contributed by atoms with Crippen LogP contribution in [0.4, 0.5) is 0 Å². The summed E-state index contributed by atoms with van der Waals surface area (Å²) in [6, 6.07) is 13.6. The Morgan fingerprint density at radius 1 is 1.03 bits per heavy atom. The fraction of sp³-hybridized carbons (Fsp3) is 0.481. The average molecular weight is 516 g/mol. The molecular weight excluding hydrogens is 478 g/mol. The minimum Gasteiger partial charge on any atom is -0.497 e. The first-order valence-corrected chi connectivity index (χ1v) is 14.0. The molecular formula is C27H37N3O5S. The third kappa shape index (κ3) is 7.07. The lowest BCUT2D eigenvalue weighted by atomic mass is 10.1. The number of ether oxygens (including phenoxy) is 1. The standard InChI is InChI=1S/C27H37N3O5S/c1-4-17-28-27(32)21(2)30(20-23-7-12-24(35-3)13-8-23)26(31)16-11-22-9-14-25(15-10-22)36(33,34)29-18-5-6-19-29/h7-10,12-15,21H,4-6,11,16-20H2,1-3H3,(H,28,32)/t21-/m0/s1. The summed E-state index contributed by atoms with van der Waals surface area (Å²) in [4.78, 5) is 27.8. The number of carbonyl (C=O) groups excluding carboxylic acids is 2. The molecule has 1 atom stereocenters. The number of sulfonamides is 1. The Labute approximate surface area is 214 Å². The third-order valence-corrected chi connectivity index (χ3v) is 8.40. The highest BCUT2D eigenvalue weighted by Gasteiger charge is 2.28. The van der Waals surface area contributed by atoms with Crippen molar-refractivity contribution in [1.82, 2.24) is 14.5 Å². The summed E-state index contributed by atoms with van der Waals surface area (Å²) >= 11 is 0. The van der Waals surface area contributed by atoms with Crippen LogP contribution in [0.2, 0.25) is 0 Å². The predicted octanol–water partition coefficient (Wildman–Crippen LogP) is 3.36. The van der Waals surface area contributed by atoms with Crippen LogP contribution in [-0.4, -0.2) is 62.2 Å². The van der Waals surface area contributed by atoms with Crippen LogP contribution >= 0.6 is 0 Å². The van der Waals surface area contributed by atoms with Crippen LogP contribution in [0.15, 0.2) is 53.4 Å². The van der Waals surface area contributed by atoms with E-state index in [1.54, 1.807) is 43.2 Å². The van der Waals surface area contributed by atoms with Gasteiger partial charge in [-0.15, -0.1) is 0 Å². The fourth-order valence-corrected chi connectivity index (χ4v) is 5.72. The van der Waals surface area contributed by atoms with Crippen molar-refractivity contribution in [2.45, 2.75) is 63.4 Å². The van der Waals surface area contributed by atoms with E-state index in [0.29, 0.717) is 32.6 Å². The molecule has 196 valence electrons. The summed E-state index contributed by atoms with van der Waals surface area (Å²) in [5.41, 5.74) is 1.77. The second-order valence-corrected chi connectivity index (χ2v) is 11.0. The van der Waals surface area contributed by atoms with Crippen LogP contribution in [-0.2, 0) is 32.6 Å². The van der Waals surface area contributed by atoms with E-state index in [1.165, 1.54) is 4.31 Å². The molecule has 0 unspecified atom stereocenters. The lowest BCUT2D eigenvalue weighted by molar-refractivity contribution is -0.140. The molecule has 0 saturated carbocycles. The second-order valence-electron chi connectivity index (χ2n) is 9.09. The minimum atomic E-state index is -3.46. The zero-order valence-corrected chi connectivity index (χ0v) is 22.2. The van der Waals surface area contributed by atoms with Crippen molar-refractivity contribution in [3.05, 3.63) is 59.7 Å². The number of hydrogen-bond donors (Lipinski definition) is 1. The van der Waals surface area contributed by atoms with Gasteiger partial charge in [-0.2, -0.15) is 4.31 Å². The first-order valence-electron chi connectivity index (χ1n) is 12.6. The molecule has 0 aromatic heterocycles. The Morgan fingerprint density at radius 3 is 2.22 bits per heavy atom. The van der Waals surface area contributed by atoms with Crippen LogP contribution in [0.5, 0.6) is 5.75 Å². The Hall–Kier alpha value is -2.91. The van der Waals surface area contributed by atoms with Gasteiger partial charge in [0.25, 0.3) is 0 Å². The maximum atomic E-state index is 13.3. The summed E-state index contributed by atoms with van der Waals surface area (Å²) in [5.74, 6) is 0.398. The minimum absolute atomic E-state index is 0.140. The Bertz CT molecular complexity index is 1110. The van der Waals surface area contributed by atoms with E-state index in [9.17, 15) is 18.0 Å². The van der Waals surface area contributed by atoms with Crippen molar-refractivity contribution in [2.24, 2.45) is 0 Å². The molecule has 2 aromatic carbocycles. The van der Waals surface area contributed by atoms with Crippen LogP contribution in [0, 0.1) is 0 Å². The van der Waals surface area contributed by atoms with Gasteiger partial charge in [0.1, 0.15) is 11.8 Å². The first kappa shape index (κ1) is 27.7. The summed E-state index contributed by atoms with van der Waals surface area (Å²) < 4.78 is 32.2. The molecule has 3 rings (SSSR count). The second kappa shape index (κ2) is 12.9. The number of amides is 2. The normalized spacial score (nSPS) is 14.9. The largest absolute Gasteiger partial charge is 0.497 e. The molecule has 0 radical (unpaired) electrons. The highest BCUT2D eigenvalue weighted by molar-refractivity contribution is 7.89. The van der Waals surface area contributed by atoms with Gasteiger partial charge in [0.2, 0.25) is 21.8 Å². The monoisotopic (exact) mass is 515 g/mol. The van der Waals surface area contributed by atoms with Gasteiger partial charge < -0.3 is 15.0 Å². The zero-order chi connectivity index (χ0) is 26.1. The van der Waals surface area contributed by atoms with E-state index in [2.05, 4.69) is 5.32 Å². The Kier molecular flexibility index (Phi) is 9.89. The van der Waals surface area contributed by atoms with Gasteiger partial charge in [-0.1, -0.05) is 31.2 Å². The predicted molar refractivity (Wildman–Crippen MR) is 139 cm³/mol. The van der Waals surface area contributed by atoms with Gasteiger partial charge in [-0.05, 0) is 68.0 Å². The number of aryl methyl sites for hydroxylation is 1. The van der Waals surface area contributed by atoms with E-state index in [4.69, 9.17) is 4.74 Å². The zero-order valence-electron chi connectivity index (χ0n) is 21.4. The van der Waals surface area contributed by atoms with Crippen molar-refractivity contribution >= 4 is 21.8 Å². The highest BCUT2D eigenvalue weighted by atomic mass is 32.2. The molecule has 0 bridgehead atoms. The molecule has 2 amide bonds. The molecule has 36 heavy (non-hydrogen) atoms. The molecule has 8 nitrogen and oxygen atoms in total. The lowest BCUT2D eigenvalue weighted by Gasteiger charge is -2.29. The first-order chi connectivity index (χ1) is 17.3. The molecule has 9 heteroatoms. The SMILES string of the molecule is CCCNC(=O)[C@H](C)N(Cc1ccc(OC)cc1)C(=O)CCc1ccc(S(=O)(=O)N2CCCC2)cc1. The van der Waals surface area contributed by atoms with E-state index >= 15 is 0 Å². The van der Waals surface area contributed by atoms with Gasteiger partial charge in [0.15, 0.2) is 0 Å². The maximum absolute atomic E-state index is 13.3. The average Bonchev–Trinajstić information content (AvgIpc) is 3.45. The molecule has 2 aromatic rings. The van der Waals surface area contributed by atoms with E-state index in [0.717, 1.165) is 36.1 Å². The molecule has 1 saturated heterocycles. The van der Waals surface area contributed by atoms with Gasteiger partial charge >= 0.3 is 0 Å². The number of nitrogens with zero attached hydrogens (tertiary/aromatic N) is 2. The smallest absolute Gasteiger partial charge is 0.243 e. The number of rotatable bonds is 12. The summed E-state index contributed by atoms with van der Waals surface area (Å²) in [5, 5.41) is 2.87. The molecule has 1 heterocycles. The molecule has 1 aliphatic rings. The van der Waals surface area contributed by atoms with Crippen molar-refractivity contribution in [1.29, 1.82) is 0 Å². The van der Waals surface area contributed by atoms with Crippen LogP contribution in [0.25, 0.3) is 0 Å². The van der Waals surface area contributed by atoms with Crippen molar-refractivity contribution in [3.8, 4) is 5.75 Å². The summed E-state index contributed by atoms with van der Waals surface area (Å²) in [6.45, 7) is 5.70. The van der Waals surface area contributed by atoms with Crippen LogP contribution in [0.3, 0.4) is 0 Å². The number of benzene rings is 2. The van der Waals surface area contributed by atoms with Crippen LogP contribution < -0.4 is 10.1 Å². The number of methoxy groups -OCH3 is 1. The molecule has 0 spiro atoms. The van der Waals surface area contributed by atoms with E-state index in [1.807, 2.05) is 31.2 Å². The number of hydrogen-bond acceptors (Lipinski definition) is 5. The van der Waals surface area contributed by atoms with Gasteiger partial charge in [0.05, 0.1) is 12.0 Å². The topological polar surface area (TPSA) is 96.0 Å². The Morgan fingerprint density at radius 2 is 1.64 bits per heavy atom. The van der Waals surface area contributed by atoms with Gasteiger partial charge in [-0.25, -0.2) is 8.42 Å². The molecule has 0 aliphatic carbocycles. The quantitative estimate of drug-likeness (QED) is 0.468. The van der Waals surface area contributed by atoms with Crippen LogP contribution in [0.1, 0.15) is 50.7 Å². The molecule has 1 fully saturated rings. The summed E-state index contributed by atoms with van der Waals surface area (Å²) in [6.07, 6.45) is 3.25. The molecule has 1 N–H and O–H groups in total. The van der Waals surface area contributed by atoms with Gasteiger partial charge in [-0.3, -0.25) is 9.59 Å². The van der Waals surface area contributed by atoms with Crippen molar-refractivity contribution in [2.75, 3.05) is 26.7 Å². The summed E-state index contributed by atoms with van der Waals surface area (Å²) in [7, 11) is -1.87. The number of carbonyl (C=O) groups is 2. The third-order valence-electron chi connectivity index (χ3n) is 6.48. The fourth-order valence-electron chi connectivity index (χ4n) is 4.21. The van der Waals surface area contributed by atoms with E-state index in [-0.39, 0.29) is 23.1 Å². The van der Waals surface area contributed by atoms with Gasteiger partial charge in [0, 0.05) is 32.6 Å². The van der Waals surface area contributed by atoms with Crippen molar-refractivity contribution < 1.29 is 22.7 Å². The highest BCUT2D eigenvalue weighted by Crippen LogP contribution is 2.22. The lowest BCUT2D eigenvalue weighted by Crippen LogP contribution is -2.47. The number of nitrogens with one attached hydrogen (secondary N) is 1.